The number of hydrogen-bond donors (Lipinski definition) is 1. The van der Waals surface area contributed by atoms with Crippen LogP contribution in [0.1, 0.15) is 10.4 Å². The van der Waals surface area contributed by atoms with Gasteiger partial charge in [0.25, 0.3) is 5.91 Å². The molecular formula is C16H18N2O2. The Bertz CT molecular complexity index is 649. The molecule has 3 rings (SSSR count). The average Bonchev–Trinajstić information content (AvgIpc) is 2.75. The molecule has 0 saturated heterocycles. The van der Waals surface area contributed by atoms with Crippen molar-refractivity contribution in [3.63, 3.8) is 0 Å². The number of benzene rings is 2. The number of carbonyl (C=O) groups excluding carboxylic acids is 1. The fraction of sp³-hybridized carbons (Fsp3) is 0.312. The Morgan fingerprint density at radius 3 is 2.70 bits per heavy atom. The van der Waals surface area contributed by atoms with E-state index in [1.54, 1.807) is 7.11 Å². The summed E-state index contributed by atoms with van der Waals surface area (Å²) >= 11 is 0. The van der Waals surface area contributed by atoms with Crippen molar-refractivity contribution in [3.05, 3.63) is 42.0 Å². The number of hydrogen-bond acceptors (Lipinski definition) is 3. The van der Waals surface area contributed by atoms with E-state index in [-0.39, 0.29) is 11.9 Å². The maximum atomic E-state index is 12.6. The lowest BCUT2D eigenvalue weighted by Crippen LogP contribution is -2.43. The lowest BCUT2D eigenvalue weighted by Gasteiger charge is -2.24. The Kier molecular flexibility index (Phi) is 3.42. The molecular weight excluding hydrogens is 252 g/mol. The third-order valence-electron chi connectivity index (χ3n) is 3.83. The minimum Gasteiger partial charge on any atom is -0.383 e. The van der Waals surface area contributed by atoms with E-state index in [0.29, 0.717) is 13.2 Å². The predicted molar refractivity (Wildman–Crippen MR) is 80.3 cm³/mol. The molecule has 2 aromatic rings. The molecule has 0 fully saturated rings. The fourth-order valence-electron chi connectivity index (χ4n) is 2.81. The van der Waals surface area contributed by atoms with Crippen LogP contribution in [0.15, 0.2) is 36.4 Å². The molecule has 104 valence electrons. The van der Waals surface area contributed by atoms with Crippen LogP contribution < -0.4 is 10.2 Å². The topological polar surface area (TPSA) is 41.6 Å². The molecule has 0 saturated carbocycles. The van der Waals surface area contributed by atoms with Crippen LogP contribution in [0, 0.1) is 0 Å². The van der Waals surface area contributed by atoms with Crippen molar-refractivity contribution in [1.82, 2.24) is 5.32 Å². The molecule has 1 amide bonds. The number of nitrogens with zero attached hydrogens (tertiary/aromatic N) is 1. The predicted octanol–water partition coefficient (Wildman–Crippen LogP) is 2.03. The van der Waals surface area contributed by atoms with Crippen molar-refractivity contribution in [1.29, 1.82) is 0 Å². The van der Waals surface area contributed by atoms with E-state index < -0.39 is 0 Å². The molecule has 1 N–H and O–H groups in total. The van der Waals surface area contributed by atoms with Gasteiger partial charge in [0.05, 0.1) is 12.3 Å². The van der Waals surface area contributed by atoms with Gasteiger partial charge in [-0.05, 0) is 24.6 Å². The number of ether oxygens (including phenoxy) is 1. The Balaban J connectivity index is 2.00. The molecule has 1 heterocycles. The maximum Gasteiger partial charge on any atom is 0.259 e. The zero-order valence-electron chi connectivity index (χ0n) is 11.7. The number of likely N-dealkylation sites (N-methyl/N-ethyl adjacent to an activating group) is 1. The first-order chi connectivity index (χ1) is 9.76. The second-order valence-corrected chi connectivity index (χ2v) is 5.04. The van der Waals surface area contributed by atoms with Crippen LogP contribution in [-0.4, -0.2) is 39.3 Å². The third-order valence-corrected chi connectivity index (χ3v) is 3.83. The summed E-state index contributed by atoms with van der Waals surface area (Å²) in [5, 5.41) is 5.37. The smallest absolute Gasteiger partial charge is 0.259 e. The number of amides is 1. The van der Waals surface area contributed by atoms with Crippen LogP contribution in [0.4, 0.5) is 5.69 Å². The van der Waals surface area contributed by atoms with Gasteiger partial charge in [-0.15, -0.1) is 0 Å². The molecule has 1 unspecified atom stereocenters. The van der Waals surface area contributed by atoms with Gasteiger partial charge in [0, 0.05) is 30.6 Å². The molecule has 4 nitrogen and oxygen atoms in total. The Labute approximate surface area is 118 Å². The Hall–Kier alpha value is -1.91. The summed E-state index contributed by atoms with van der Waals surface area (Å²) in [6.45, 7) is 1.18. The van der Waals surface area contributed by atoms with Gasteiger partial charge in [-0.2, -0.15) is 0 Å². The van der Waals surface area contributed by atoms with Crippen LogP contribution in [-0.2, 0) is 4.74 Å². The molecule has 20 heavy (non-hydrogen) atoms. The highest BCUT2D eigenvalue weighted by Crippen LogP contribution is 2.37. The molecule has 4 heteroatoms. The first kappa shape index (κ1) is 13.1. The van der Waals surface area contributed by atoms with E-state index in [1.165, 1.54) is 0 Å². The van der Waals surface area contributed by atoms with Gasteiger partial charge < -0.3 is 15.0 Å². The highest BCUT2D eigenvalue weighted by molar-refractivity contribution is 6.25. The zero-order valence-corrected chi connectivity index (χ0v) is 11.7. The van der Waals surface area contributed by atoms with Gasteiger partial charge in [-0.3, -0.25) is 4.79 Å². The SMILES string of the molecule is CNC(COC)CN1C(=O)c2cccc3cccc1c23. The number of nitrogens with one attached hydrogen (secondary N) is 1. The van der Waals surface area contributed by atoms with Crippen molar-refractivity contribution in [2.24, 2.45) is 0 Å². The Morgan fingerprint density at radius 1 is 1.25 bits per heavy atom. The van der Waals surface area contributed by atoms with Crippen molar-refractivity contribution < 1.29 is 9.53 Å². The first-order valence-electron chi connectivity index (χ1n) is 6.76. The molecule has 1 aliphatic rings. The van der Waals surface area contributed by atoms with Gasteiger partial charge >= 0.3 is 0 Å². The minimum absolute atomic E-state index is 0.0770. The normalized spacial score (nSPS) is 15.1. The zero-order chi connectivity index (χ0) is 14.1. The van der Waals surface area contributed by atoms with Crippen molar-refractivity contribution >= 4 is 22.4 Å². The minimum atomic E-state index is 0.0770. The van der Waals surface area contributed by atoms with Crippen LogP contribution in [0.5, 0.6) is 0 Å². The van der Waals surface area contributed by atoms with Crippen LogP contribution >= 0.6 is 0 Å². The first-order valence-corrected chi connectivity index (χ1v) is 6.76. The van der Waals surface area contributed by atoms with E-state index in [1.807, 2.05) is 48.3 Å². The van der Waals surface area contributed by atoms with E-state index in [0.717, 1.165) is 22.0 Å². The van der Waals surface area contributed by atoms with Crippen LogP contribution in [0.25, 0.3) is 10.8 Å². The quantitative estimate of drug-likeness (QED) is 0.904. The monoisotopic (exact) mass is 270 g/mol. The summed E-state index contributed by atoms with van der Waals surface area (Å²) in [5.41, 5.74) is 1.80. The van der Waals surface area contributed by atoms with E-state index in [4.69, 9.17) is 4.74 Å². The van der Waals surface area contributed by atoms with Crippen molar-refractivity contribution in [3.8, 4) is 0 Å². The van der Waals surface area contributed by atoms with E-state index in [9.17, 15) is 4.79 Å². The van der Waals surface area contributed by atoms with Gasteiger partial charge in [0.15, 0.2) is 0 Å². The highest BCUT2D eigenvalue weighted by atomic mass is 16.5. The number of carbonyl (C=O) groups is 1. The number of anilines is 1. The maximum absolute atomic E-state index is 12.6. The highest BCUT2D eigenvalue weighted by Gasteiger charge is 2.30. The standard InChI is InChI=1S/C16H18N2O2/c1-17-12(10-20-2)9-18-14-8-4-6-11-5-3-7-13(15(11)14)16(18)19/h3-8,12,17H,9-10H2,1-2H3. The number of rotatable bonds is 5. The lowest BCUT2D eigenvalue weighted by atomic mass is 10.1. The Morgan fingerprint density at radius 2 is 2.00 bits per heavy atom. The molecule has 1 aliphatic heterocycles. The second-order valence-electron chi connectivity index (χ2n) is 5.04. The molecule has 0 aromatic heterocycles. The largest absolute Gasteiger partial charge is 0.383 e. The molecule has 0 aliphatic carbocycles. The summed E-state index contributed by atoms with van der Waals surface area (Å²) in [7, 11) is 3.56. The summed E-state index contributed by atoms with van der Waals surface area (Å²) < 4.78 is 5.19. The summed E-state index contributed by atoms with van der Waals surface area (Å²) in [5.74, 6) is 0.0770. The van der Waals surface area contributed by atoms with Crippen LogP contribution in [0.2, 0.25) is 0 Å². The van der Waals surface area contributed by atoms with E-state index in [2.05, 4.69) is 5.32 Å². The fourth-order valence-corrected chi connectivity index (χ4v) is 2.81. The van der Waals surface area contributed by atoms with Crippen LogP contribution in [0.3, 0.4) is 0 Å². The molecule has 0 bridgehead atoms. The molecule has 0 radical (unpaired) electrons. The third kappa shape index (κ3) is 1.97. The summed E-state index contributed by atoms with van der Waals surface area (Å²) in [4.78, 5) is 14.4. The lowest BCUT2D eigenvalue weighted by molar-refractivity contribution is 0.0984. The van der Waals surface area contributed by atoms with Crippen molar-refractivity contribution in [2.45, 2.75) is 6.04 Å². The summed E-state index contributed by atoms with van der Waals surface area (Å²) in [6.07, 6.45) is 0. The van der Waals surface area contributed by atoms with Gasteiger partial charge in [0.2, 0.25) is 0 Å². The average molecular weight is 270 g/mol. The second kappa shape index (κ2) is 5.23. The van der Waals surface area contributed by atoms with Gasteiger partial charge in [0.1, 0.15) is 0 Å². The van der Waals surface area contributed by atoms with Gasteiger partial charge in [-0.1, -0.05) is 24.3 Å². The molecule has 0 spiro atoms. The molecule has 1 atom stereocenters. The summed E-state index contributed by atoms with van der Waals surface area (Å²) in [6, 6.07) is 12.1. The van der Waals surface area contributed by atoms with E-state index >= 15 is 0 Å². The van der Waals surface area contributed by atoms with Gasteiger partial charge in [-0.25, -0.2) is 0 Å². The molecule has 2 aromatic carbocycles. The number of methoxy groups -OCH3 is 1. The van der Waals surface area contributed by atoms with Crippen molar-refractivity contribution in [2.75, 3.05) is 32.2 Å².